The quantitative estimate of drug-likeness (QED) is 0.797. The van der Waals surface area contributed by atoms with E-state index < -0.39 is 0 Å². The molecule has 0 aliphatic rings. The van der Waals surface area contributed by atoms with Crippen molar-refractivity contribution in [1.82, 2.24) is 14.5 Å². The number of imidazole rings is 1. The second-order valence-electron chi connectivity index (χ2n) is 2.86. The van der Waals surface area contributed by atoms with Crippen LogP contribution in [0.15, 0.2) is 36.9 Å². The first kappa shape index (κ1) is 8.74. The van der Waals surface area contributed by atoms with Crippen LogP contribution in [0.5, 0.6) is 0 Å². The maximum Gasteiger partial charge on any atom is 0.207 e. The molecule has 2 aromatic rings. The van der Waals surface area contributed by atoms with Crippen molar-refractivity contribution in [3.8, 4) is 5.69 Å². The summed E-state index contributed by atoms with van der Waals surface area (Å²) >= 11 is 0. The number of nitrogens with one attached hydrogen (secondary N) is 1. The van der Waals surface area contributed by atoms with E-state index in [1.807, 2.05) is 36.0 Å². The zero-order valence-corrected chi connectivity index (χ0v) is 8.01. The van der Waals surface area contributed by atoms with E-state index in [0.717, 1.165) is 18.2 Å². The average molecular weight is 188 g/mol. The summed E-state index contributed by atoms with van der Waals surface area (Å²) in [7, 11) is 0. The maximum atomic E-state index is 4.21. The monoisotopic (exact) mass is 188 g/mol. The van der Waals surface area contributed by atoms with E-state index in [2.05, 4.69) is 15.3 Å². The fourth-order valence-electron chi connectivity index (χ4n) is 1.30. The van der Waals surface area contributed by atoms with Crippen molar-refractivity contribution in [2.24, 2.45) is 0 Å². The second-order valence-corrected chi connectivity index (χ2v) is 2.86. The smallest absolute Gasteiger partial charge is 0.207 e. The van der Waals surface area contributed by atoms with Crippen LogP contribution in [-0.2, 0) is 0 Å². The SMILES string of the molecule is CCNc1nccn1-c1cccnc1. The van der Waals surface area contributed by atoms with Crippen molar-refractivity contribution in [1.29, 1.82) is 0 Å². The van der Waals surface area contributed by atoms with Crippen LogP contribution < -0.4 is 5.32 Å². The molecule has 0 saturated carbocycles. The Morgan fingerprint density at radius 1 is 1.43 bits per heavy atom. The molecule has 72 valence electrons. The molecule has 0 spiro atoms. The minimum atomic E-state index is 0.848. The third-order valence-electron chi connectivity index (χ3n) is 1.90. The van der Waals surface area contributed by atoms with Gasteiger partial charge in [-0.1, -0.05) is 0 Å². The number of pyridine rings is 1. The van der Waals surface area contributed by atoms with Gasteiger partial charge in [0.1, 0.15) is 0 Å². The highest BCUT2D eigenvalue weighted by atomic mass is 15.2. The topological polar surface area (TPSA) is 42.7 Å². The van der Waals surface area contributed by atoms with Crippen LogP contribution in [0.2, 0.25) is 0 Å². The van der Waals surface area contributed by atoms with Crippen molar-refractivity contribution in [3.63, 3.8) is 0 Å². The van der Waals surface area contributed by atoms with E-state index in [-0.39, 0.29) is 0 Å². The molecule has 0 radical (unpaired) electrons. The summed E-state index contributed by atoms with van der Waals surface area (Å²) in [5.74, 6) is 0.848. The molecule has 0 aromatic carbocycles. The Balaban J connectivity index is 2.37. The Morgan fingerprint density at radius 3 is 3.07 bits per heavy atom. The summed E-state index contributed by atoms with van der Waals surface area (Å²) in [4.78, 5) is 8.27. The zero-order valence-electron chi connectivity index (χ0n) is 8.01. The average Bonchev–Trinajstić information content (AvgIpc) is 2.68. The van der Waals surface area contributed by atoms with Crippen LogP contribution in [0.3, 0.4) is 0 Å². The summed E-state index contributed by atoms with van der Waals surface area (Å²) in [5, 5.41) is 3.18. The minimum absolute atomic E-state index is 0.848. The van der Waals surface area contributed by atoms with Gasteiger partial charge in [-0.2, -0.15) is 0 Å². The van der Waals surface area contributed by atoms with E-state index in [1.54, 1.807) is 12.4 Å². The third-order valence-corrected chi connectivity index (χ3v) is 1.90. The Bertz CT molecular complexity index is 394. The highest BCUT2D eigenvalue weighted by molar-refractivity contribution is 5.39. The van der Waals surface area contributed by atoms with E-state index >= 15 is 0 Å². The summed E-state index contributed by atoms with van der Waals surface area (Å²) in [5.41, 5.74) is 1.01. The summed E-state index contributed by atoms with van der Waals surface area (Å²) in [6, 6.07) is 3.90. The van der Waals surface area contributed by atoms with Crippen LogP contribution in [0.1, 0.15) is 6.92 Å². The van der Waals surface area contributed by atoms with Gasteiger partial charge in [0, 0.05) is 25.1 Å². The van der Waals surface area contributed by atoms with Crippen LogP contribution in [0, 0.1) is 0 Å². The molecule has 0 aliphatic carbocycles. The number of rotatable bonds is 3. The van der Waals surface area contributed by atoms with E-state index in [1.165, 1.54) is 0 Å². The van der Waals surface area contributed by atoms with Crippen molar-refractivity contribution in [3.05, 3.63) is 36.9 Å². The molecule has 4 nitrogen and oxygen atoms in total. The van der Waals surface area contributed by atoms with E-state index in [4.69, 9.17) is 0 Å². The fraction of sp³-hybridized carbons (Fsp3) is 0.200. The van der Waals surface area contributed by atoms with Crippen molar-refractivity contribution >= 4 is 5.95 Å². The van der Waals surface area contributed by atoms with Gasteiger partial charge >= 0.3 is 0 Å². The highest BCUT2D eigenvalue weighted by Gasteiger charge is 2.02. The predicted molar refractivity (Wildman–Crippen MR) is 55.5 cm³/mol. The third kappa shape index (κ3) is 1.59. The molecule has 14 heavy (non-hydrogen) atoms. The van der Waals surface area contributed by atoms with Gasteiger partial charge < -0.3 is 5.32 Å². The summed E-state index contributed by atoms with van der Waals surface area (Å²) in [6.45, 7) is 2.90. The van der Waals surface area contributed by atoms with E-state index in [0.29, 0.717) is 0 Å². The molecule has 1 N–H and O–H groups in total. The Morgan fingerprint density at radius 2 is 2.36 bits per heavy atom. The molecular weight excluding hydrogens is 176 g/mol. The summed E-state index contributed by atoms with van der Waals surface area (Å²) < 4.78 is 1.97. The number of aromatic nitrogens is 3. The number of nitrogens with zero attached hydrogens (tertiary/aromatic N) is 3. The molecular formula is C10H12N4. The second kappa shape index (κ2) is 3.91. The molecule has 0 amide bonds. The van der Waals surface area contributed by atoms with Gasteiger partial charge in [-0.25, -0.2) is 4.98 Å². The number of hydrogen-bond donors (Lipinski definition) is 1. The molecule has 2 aromatic heterocycles. The van der Waals surface area contributed by atoms with Crippen molar-refractivity contribution < 1.29 is 0 Å². The molecule has 0 atom stereocenters. The lowest BCUT2D eigenvalue weighted by molar-refractivity contribution is 1.01. The number of anilines is 1. The summed E-state index contributed by atoms with van der Waals surface area (Å²) in [6.07, 6.45) is 7.25. The first-order valence-corrected chi connectivity index (χ1v) is 4.59. The van der Waals surface area contributed by atoms with Crippen molar-refractivity contribution in [2.45, 2.75) is 6.92 Å². The molecule has 0 saturated heterocycles. The van der Waals surface area contributed by atoms with Crippen LogP contribution >= 0.6 is 0 Å². The van der Waals surface area contributed by atoms with Gasteiger partial charge in [-0.3, -0.25) is 9.55 Å². The van der Waals surface area contributed by atoms with Crippen LogP contribution in [0.4, 0.5) is 5.95 Å². The minimum Gasteiger partial charge on any atom is -0.356 e. The van der Waals surface area contributed by atoms with Crippen molar-refractivity contribution in [2.75, 3.05) is 11.9 Å². The Hall–Kier alpha value is -1.84. The molecule has 2 rings (SSSR count). The molecule has 4 heteroatoms. The molecule has 0 unspecified atom stereocenters. The molecule has 2 heterocycles. The maximum absolute atomic E-state index is 4.21. The standard InChI is InChI=1S/C10H12N4/c1-2-12-10-13-6-7-14(10)9-4-3-5-11-8-9/h3-8H,2H2,1H3,(H,12,13). The van der Waals surface area contributed by atoms with Gasteiger partial charge in [0.05, 0.1) is 11.9 Å². The first-order valence-electron chi connectivity index (χ1n) is 4.59. The predicted octanol–water partition coefficient (Wildman–Crippen LogP) is 1.70. The molecule has 0 aliphatic heterocycles. The Kier molecular flexibility index (Phi) is 2.44. The molecule has 0 fully saturated rings. The van der Waals surface area contributed by atoms with Gasteiger partial charge in [0.25, 0.3) is 0 Å². The normalized spacial score (nSPS) is 10.1. The molecule has 0 bridgehead atoms. The zero-order chi connectivity index (χ0) is 9.80. The van der Waals surface area contributed by atoms with Crippen LogP contribution in [-0.4, -0.2) is 21.1 Å². The van der Waals surface area contributed by atoms with Gasteiger partial charge in [0.15, 0.2) is 0 Å². The largest absolute Gasteiger partial charge is 0.356 e. The Labute approximate surface area is 82.6 Å². The van der Waals surface area contributed by atoms with Gasteiger partial charge in [-0.05, 0) is 19.1 Å². The lowest BCUT2D eigenvalue weighted by atomic mass is 10.4. The number of hydrogen-bond acceptors (Lipinski definition) is 3. The van der Waals surface area contributed by atoms with E-state index in [9.17, 15) is 0 Å². The fourth-order valence-corrected chi connectivity index (χ4v) is 1.30. The van der Waals surface area contributed by atoms with Crippen LogP contribution in [0.25, 0.3) is 5.69 Å². The highest BCUT2D eigenvalue weighted by Crippen LogP contribution is 2.12. The first-order chi connectivity index (χ1) is 6.92. The van der Waals surface area contributed by atoms with Gasteiger partial charge in [-0.15, -0.1) is 0 Å². The lowest BCUT2D eigenvalue weighted by Gasteiger charge is -2.06. The lowest BCUT2D eigenvalue weighted by Crippen LogP contribution is -2.04. The van der Waals surface area contributed by atoms with Gasteiger partial charge in [0.2, 0.25) is 5.95 Å².